The third kappa shape index (κ3) is 3.88. The molecule has 2 N–H and O–H groups in total. The van der Waals surface area contributed by atoms with Crippen molar-refractivity contribution in [1.29, 1.82) is 0 Å². The lowest BCUT2D eigenvalue weighted by atomic mass is 9.85. The van der Waals surface area contributed by atoms with Crippen LogP contribution >= 0.6 is 0 Å². The van der Waals surface area contributed by atoms with Gasteiger partial charge in [0.05, 0.1) is 20.3 Å². The van der Waals surface area contributed by atoms with Crippen molar-refractivity contribution in [3.63, 3.8) is 0 Å². The van der Waals surface area contributed by atoms with Crippen molar-refractivity contribution in [3.05, 3.63) is 52.8 Å². The number of benzene rings is 2. The second-order valence-corrected chi connectivity index (χ2v) is 9.31. The van der Waals surface area contributed by atoms with Crippen LogP contribution in [0, 0.1) is 6.92 Å². The number of carbonyl (C=O) groups is 1. The number of nitrogens with one attached hydrogen (secondary N) is 1. The summed E-state index contributed by atoms with van der Waals surface area (Å²) in [5, 5.41) is 14.8. The van der Waals surface area contributed by atoms with E-state index in [0.29, 0.717) is 42.2 Å². The highest BCUT2D eigenvalue weighted by Gasteiger charge is 2.43. The Hall–Kier alpha value is -3.19. The summed E-state index contributed by atoms with van der Waals surface area (Å²) in [6.45, 7) is 2.30. The molecule has 1 atom stereocenters. The van der Waals surface area contributed by atoms with E-state index in [1.165, 1.54) is 0 Å². The van der Waals surface area contributed by atoms with Gasteiger partial charge in [0.15, 0.2) is 17.3 Å². The quantitative estimate of drug-likeness (QED) is 0.540. The van der Waals surface area contributed by atoms with Crippen LogP contribution in [0.1, 0.15) is 65.5 Å². The molecule has 180 valence electrons. The topological polar surface area (TPSA) is 90.2 Å². The lowest BCUT2D eigenvalue weighted by molar-refractivity contribution is -0.00845. The molecule has 34 heavy (non-hydrogen) atoms. The minimum atomic E-state index is -0.636. The van der Waals surface area contributed by atoms with Gasteiger partial charge < -0.3 is 29.1 Å². The van der Waals surface area contributed by atoms with Crippen molar-refractivity contribution in [3.8, 4) is 17.2 Å². The van der Waals surface area contributed by atoms with E-state index >= 15 is 0 Å². The summed E-state index contributed by atoms with van der Waals surface area (Å²) >= 11 is 0. The number of ether oxygens (including phenoxy) is 3. The molecule has 0 radical (unpaired) electrons. The predicted molar refractivity (Wildman–Crippen MR) is 128 cm³/mol. The summed E-state index contributed by atoms with van der Waals surface area (Å²) in [7, 11) is 3.20. The molecule has 1 aromatic heterocycles. The Bertz CT molecular complexity index is 1220. The van der Waals surface area contributed by atoms with Gasteiger partial charge >= 0.3 is 0 Å². The van der Waals surface area contributed by atoms with Gasteiger partial charge in [0.25, 0.3) is 5.91 Å². The number of aliphatic hydroxyl groups is 1. The van der Waals surface area contributed by atoms with Crippen molar-refractivity contribution in [2.24, 2.45) is 0 Å². The van der Waals surface area contributed by atoms with Gasteiger partial charge in [-0.2, -0.15) is 0 Å². The normalized spacial score (nSPS) is 18.5. The van der Waals surface area contributed by atoms with Gasteiger partial charge in [-0.3, -0.25) is 4.79 Å². The zero-order valence-corrected chi connectivity index (χ0v) is 19.9. The number of methoxy groups -OCH3 is 2. The third-order valence-corrected chi connectivity index (χ3v) is 7.19. The van der Waals surface area contributed by atoms with E-state index in [9.17, 15) is 9.90 Å². The maximum Gasteiger partial charge on any atom is 0.287 e. The van der Waals surface area contributed by atoms with Crippen LogP contribution < -0.4 is 19.5 Å². The number of fused-ring (bicyclic) bond motifs is 3. The van der Waals surface area contributed by atoms with E-state index in [1.54, 1.807) is 14.2 Å². The molecular formula is C27H31NO6. The Balaban J connectivity index is 1.34. The smallest absolute Gasteiger partial charge is 0.287 e. The first kappa shape index (κ1) is 22.6. The molecule has 1 unspecified atom stereocenters. The Kier molecular flexibility index (Phi) is 5.90. The summed E-state index contributed by atoms with van der Waals surface area (Å²) in [5.41, 5.74) is 2.81. The SMILES string of the molecule is COc1ccc(CCNC(=O)c2oc3ccc4c(c3c2C)C(O)CC2(CCCC2)O4)cc1OC. The van der Waals surface area contributed by atoms with E-state index in [4.69, 9.17) is 18.6 Å². The van der Waals surface area contributed by atoms with Crippen molar-refractivity contribution in [2.45, 2.75) is 57.2 Å². The van der Waals surface area contributed by atoms with Crippen LogP contribution in [-0.2, 0) is 6.42 Å². The molecule has 1 spiro atoms. The van der Waals surface area contributed by atoms with Gasteiger partial charge in [0, 0.05) is 29.5 Å². The van der Waals surface area contributed by atoms with E-state index in [2.05, 4.69) is 5.32 Å². The lowest BCUT2D eigenvalue weighted by Crippen LogP contribution is -2.38. The van der Waals surface area contributed by atoms with E-state index < -0.39 is 6.10 Å². The molecule has 7 nitrogen and oxygen atoms in total. The van der Waals surface area contributed by atoms with Crippen molar-refractivity contribution in [2.75, 3.05) is 20.8 Å². The second-order valence-electron chi connectivity index (χ2n) is 9.31. The molecule has 2 aliphatic rings. The van der Waals surface area contributed by atoms with Gasteiger partial charge in [0.1, 0.15) is 16.9 Å². The van der Waals surface area contributed by atoms with Crippen molar-refractivity contribution in [1.82, 2.24) is 5.32 Å². The van der Waals surface area contributed by atoms with Crippen molar-refractivity contribution < 1.29 is 28.5 Å². The number of hydrogen-bond donors (Lipinski definition) is 2. The molecule has 1 fully saturated rings. The van der Waals surface area contributed by atoms with Crippen molar-refractivity contribution >= 4 is 16.9 Å². The van der Waals surface area contributed by atoms with E-state index in [0.717, 1.165) is 47.8 Å². The Morgan fingerprint density at radius 1 is 1.15 bits per heavy atom. The van der Waals surface area contributed by atoms with Crippen LogP contribution in [0.4, 0.5) is 0 Å². The number of aliphatic hydroxyl groups excluding tert-OH is 1. The highest BCUT2D eigenvalue weighted by molar-refractivity contribution is 6.00. The Labute approximate surface area is 199 Å². The van der Waals surface area contributed by atoms with E-state index in [-0.39, 0.29) is 17.3 Å². The molecule has 1 aliphatic heterocycles. The molecule has 2 heterocycles. The van der Waals surface area contributed by atoms with Gasteiger partial charge in [-0.15, -0.1) is 0 Å². The molecule has 5 rings (SSSR count). The largest absolute Gasteiger partial charge is 0.493 e. The fraction of sp³-hybridized carbons (Fsp3) is 0.444. The highest BCUT2D eigenvalue weighted by Crippen LogP contribution is 2.50. The van der Waals surface area contributed by atoms with Crippen LogP contribution in [0.3, 0.4) is 0 Å². The van der Waals surface area contributed by atoms with Gasteiger partial charge in [0.2, 0.25) is 0 Å². The maximum absolute atomic E-state index is 13.0. The van der Waals surface area contributed by atoms with Gasteiger partial charge in [-0.05, 0) is 68.9 Å². The molecular weight excluding hydrogens is 434 g/mol. The van der Waals surface area contributed by atoms with Crippen LogP contribution in [0.5, 0.6) is 17.2 Å². The minimum Gasteiger partial charge on any atom is -0.493 e. The van der Waals surface area contributed by atoms with Gasteiger partial charge in [-0.1, -0.05) is 6.07 Å². The number of aryl methyl sites for hydroxylation is 1. The van der Waals surface area contributed by atoms with Crippen LogP contribution in [0.15, 0.2) is 34.7 Å². The second kappa shape index (κ2) is 8.87. The molecule has 1 aliphatic carbocycles. The highest BCUT2D eigenvalue weighted by atomic mass is 16.5. The number of carbonyl (C=O) groups excluding carboxylic acids is 1. The number of amides is 1. The standard InChI is InChI=1S/C27H31NO6/c1-16-23-20(8-9-21-24(23)18(29)15-27(34-21)11-4-5-12-27)33-25(16)26(30)28-13-10-17-6-7-19(31-2)22(14-17)32-3/h6-9,14,18,29H,4-5,10-13,15H2,1-3H3,(H,28,30). The summed E-state index contributed by atoms with van der Waals surface area (Å²) < 4.78 is 23.0. The first-order valence-corrected chi connectivity index (χ1v) is 11.9. The van der Waals surface area contributed by atoms with Gasteiger partial charge in [-0.25, -0.2) is 0 Å². The Morgan fingerprint density at radius 2 is 1.91 bits per heavy atom. The Morgan fingerprint density at radius 3 is 2.65 bits per heavy atom. The minimum absolute atomic E-state index is 0.262. The van der Waals surface area contributed by atoms with Crippen LogP contribution in [0.25, 0.3) is 11.0 Å². The first-order chi connectivity index (χ1) is 16.4. The lowest BCUT2D eigenvalue weighted by Gasteiger charge is -2.38. The monoisotopic (exact) mass is 465 g/mol. The zero-order valence-electron chi connectivity index (χ0n) is 19.9. The molecule has 1 saturated carbocycles. The average Bonchev–Trinajstić information content (AvgIpc) is 3.42. The summed E-state index contributed by atoms with van der Waals surface area (Å²) in [6, 6.07) is 9.41. The van der Waals surface area contributed by atoms with E-state index in [1.807, 2.05) is 37.3 Å². The zero-order chi connectivity index (χ0) is 23.9. The molecule has 0 saturated heterocycles. The first-order valence-electron chi connectivity index (χ1n) is 11.9. The van der Waals surface area contributed by atoms with Crippen LogP contribution in [-0.4, -0.2) is 37.4 Å². The van der Waals surface area contributed by atoms with Crippen LogP contribution in [0.2, 0.25) is 0 Å². The number of furan rings is 1. The molecule has 3 aromatic rings. The summed E-state index contributed by atoms with van der Waals surface area (Å²) in [6.07, 6.45) is 4.78. The fourth-order valence-electron chi connectivity index (χ4n) is 5.48. The predicted octanol–water partition coefficient (Wildman–Crippen LogP) is 4.86. The summed E-state index contributed by atoms with van der Waals surface area (Å²) in [5.74, 6) is 2.02. The third-order valence-electron chi connectivity index (χ3n) is 7.19. The average molecular weight is 466 g/mol. The molecule has 0 bridgehead atoms. The molecule has 2 aromatic carbocycles. The summed E-state index contributed by atoms with van der Waals surface area (Å²) in [4.78, 5) is 13.0. The molecule has 7 heteroatoms. The maximum atomic E-state index is 13.0. The molecule has 1 amide bonds. The fourth-order valence-corrected chi connectivity index (χ4v) is 5.48. The number of rotatable bonds is 6. The number of hydrogen-bond acceptors (Lipinski definition) is 6.